The molecule has 38 heavy (non-hydrogen) atoms. The third-order valence-electron chi connectivity index (χ3n) is 6.05. The van der Waals surface area contributed by atoms with Gasteiger partial charge >= 0.3 is 6.03 Å². The average molecular weight is 520 g/mol. The van der Waals surface area contributed by atoms with E-state index >= 15 is 0 Å². The minimum atomic E-state index is -0.567. The Morgan fingerprint density at radius 1 is 0.842 bits per heavy atom. The molecule has 12 heteroatoms. The topological polar surface area (TPSA) is 137 Å². The fourth-order valence-electron chi connectivity index (χ4n) is 3.81. The number of imide groups is 1. The van der Waals surface area contributed by atoms with Crippen molar-refractivity contribution in [1.82, 2.24) is 30.2 Å². The van der Waals surface area contributed by atoms with Gasteiger partial charge < -0.3 is 15.4 Å². The lowest BCUT2D eigenvalue weighted by Crippen LogP contribution is -2.34. The van der Waals surface area contributed by atoms with Crippen molar-refractivity contribution in [1.29, 1.82) is 0 Å². The van der Waals surface area contributed by atoms with Gasteiger partial charge in [0, 0.05) is 19.6 Å². The lowest BCUT2D eigenvalue weighted by molar-refractivity contribution is -0.118. The van der Waals surface area contributed by atoms with Crippen LogP contribution in [0, 0.1) is 0 Å². The number of anilines is 3. The van der Waals surface area contributed by atoms with Crippen LogP contribution in [0.2, 0.25) is 0 Å². The summed E-state index contributed by atoms with van der Waals surface area (Å²) >= 11 is 0. The van der Waals surface area contributed by atoms with E-state index in [1.165, 1.54) is 5.56 Å². The number of urea groups is 1. The number of carbonyl (C=O) groups is 2. The van der Waals surface area contributed by atoms with E-state index in [-0.39, 0.29) is 12.5 Å². The molecule has 3 amide bonds. The summed E-state index contributed by atoms with van der Waals surface area (Å²) in [5.74, 6) is 1.11. The number of methoxy groups -OCH3 is 1. The highest BCUT2D eigenvalue weighted by atomic mass is 16.5. The molecule has 0 saturated carbocycles. The molecule has 0 radical (unpaired) electrons. The molecule has 200 valence electrons. The Hall–Kier alpha value is -4.45. The molecule has 3 aromatic rings. The average Bonchev–Trinajstić information content (AvgIpc) is 3.26. The van der Waals surface area contributed by atoms with Crippen molar-refractivity contribution in [3.05, 3.63) is 65.2 Å². The van der Waals surface area contributed by atoms with Gasteiger partial charge in [-0.1, -0.05) is 50.2 Å². The van der Waals surface area contributed by atoms with E-state index in [9.17, 15) is 9.59 Å². The van der Waals surface area contributed by atoms with Crippen LogP contribution in [0.25, 0.3) is 0 Å². The van der Waals surface area contributed by atoms with Crippen LogP contribution in [0.15, 0.2) is 48.5 Å². The Bertz CT molecular complexity index is 1230. The summed E-state index contributed by atoms with van der Waals surface area (Å²) in [5, 5.41) is 9.74. The maximum absolute atomic E-state index is 12.0. The molecular weight excluding hydrogens is 486 g/mol. The van der Waals surface area contributed by atoms with Crippen molar-refractivity contribution in [2.24, 2.45) is 0 Å². The summed E-state index contributed by atoms with van der Waals surface area (Å²) in [6, 6.07) is 15.5. The fraction of sp³-hybridized carbons (Fsp3) is 0.346. The molecule has 1 aliphatic rings. The highest BCUT2D eigenvalue weighted by molar-refractivity contribution is 6.02. The first-order valence-electron chi connectivity index (χ1n) is 12.5. The van der Waals surface area contributed by atoms with Gasteiger partial charge in [-0.3, -0.25) is 20.4 Å². The number of nitrogens with one attached hydrogen (secondary N) is 4. The van der Waals surface area contributed by atoms with Crippen LogP contribution in [0.5, 0.6) is 5.75 Å². The first kappa shape index (κ1) is 26.6. The number of hydrogen-bond donors (Lipinski definition) is 4. The van der Waals surface area contributed by atoms with Crippen LogP contribution < -0.4 is 26.1 Å². The number of hydrogen-bond acceptors (Lipinski definition) is 10. The first-order valence-corrected chi connectivity index (χ1v) is 12.5. The van der Waals surface area contributed by atoms with Gasteiger partial charge in [0.15, 0.2) is 0 Å². The van der Waals surface area contributed by atoms with Crippen molar-refractivity contribution in [3.8, 4) is 5.75 Å². The second-order valence-electron chi connectivity index (χ2n) is 8.69. The van der Waals surface area contributed by atoms with Gasteiger partial charge in [0.1, 0.15) is 12.3 Å². The van der Waals surface area contributed by atoms with Gasteiger partial charge in [0.05, 0.1) is 7.11 Å². The molecular formula is C26H33N9O3. The van der Waals surface area contributed by atoms with Crippen LogP contribution in [0.4, 0.5) is 22.6 Å². The largest absolute Gasteiger partial charge is 0.497 e. The summed E-state index contributed by atoms with van der Waals surface area (Å²) in [6.07, 6.45) is 0. The van der Waals surface area contributed by atoms with E-state index in [1.807, 2.05) is 24.3 Å². The van der Waals surface area contributed by atoms with Crippen LogP contribution in [-0.2, 0) is 24.4 Å². The first-order chi connectivity index (χ1) is 18.4. The predicted molar refractivity (Wildman–Crippen MR) is 144 cm³/mol. The van der Waals surface area contributed by atoms with E-state index < -0.39 is 11.9 Å². The van der Waals surface area contributed by atoms with E-state index in [0.29, 0.717) is 25.0 Å². The number of nitrogens with zero attached hydrogens (tertiary/aromatic N) is 5. The minimum absolute atomic E-state index is 0.124. The van der Waals surface area contributed by atoms with Crippen LogP contribution >= 0.6 is 0 Å². The lowest BCUT2D eigenvalue weighted by atomic mass is 10.1. The van der Waals surface area contributed by atoms with Crippen molar-refractivity contribution in [2.75, 3.05) is 42.8 Å². The van der Waals surface area contributed by atoms with E-state index in [1.54, 1.807) is 7.11 Å². The van der Waals surface area contributed by atoms with Gasteiger partial charge in [0.2, 0.25) is 23.8 Å². The Morgan fingerprint density at radius 3 is 1.87 bits per heavy atom. The molecule has 0 aliphatic carbocycles. The number of rotatable bonds is 13. The summed E-state index contributed by atoms with van der Waals surface area (Å²) in [4.78, 5) is 39.1. The number of carbonyl (C=O) groups excluding carboxylic acids is 2. The fourth-order valence-corrected chi connectivity index (χ4v) is 3.81. The summed E-state index contributed by atoms with van der Waals surface area (Å²) in [5.41, 5.74) is 6.12. The third kappa shape index (κ3) is 7.29. The normalized spacial score (nSPS) is 13.0. The highest BCUT2D eigenvalue weighted by Gasteiger charge is 2.27. The van der Waals surface area contributed by atoms with Crippen molar-refractivity contribution >= 4 is 29.8 Å². The van der Waals surface area contributed by atoms with E-state index in [0.717, 1.165) is 41.5 Å². The van der Waals surface area contributed by atoms with Crippen molar-refractivity contribution < 1.29 is 14.3 Å². The van der Waals surface area contributed by atoms with E-state index in [2.05, 4.69) is 79.3 Å². The summed E-state index contributed by atoms with van der Waals surface area (Å²) in [6.45, 7) is 8.08. The monoisotopic (exact) mass is 519 g/mol. The molecule has 1 fully saturated rings. The third-order valence-corrected chi connectivity index (χ3v) is 6.05. The number of hydrazine groups is 1. The Kier molecular flexibility index (Phi) is 8.88. The molecule has 2 heterocycles. The second kappa shape index (κ2) is 12.7. The standard InChI is InChI=1S/C26H33N9O3/c1-4-34(5-2)16-20-8-6-18(7-9-20)14-27-23-30-24(28-15-19-10-12-21(38-3)13-11-19)32-25(31-23)33-35-17-22(36)29-26(35)37/h6-13H,4-5,14-17H2,1-3H3,(H,29,36,37)(H3,27,28,30,31,32,33). The maximum atomic E-state index is 12.0. The smallest absolute Gasteiger partial charge is 0.343 e. The lowest BCUT2D eigenvalue weighted by Gasteiger charge is -2.18. The zero-order chi connectivity index (χ0) is 26.9. The quantitative estimate of drug-likeness (QED) is 0.250. The van der Waals surface area contributed by atoms with Crippen LogP contribution in [-0.4, -0.2) is 63.5 Å². The molecule has 2 aromatic carbocycles. The zero-order valence-electron chi connectivity index (χ0n) is 21.8. The van der Waals surface area contributed by atoms with Crippen LogP contribution in [0.3, 0.4) is 0 Å². The molecule has 0 atom stereocenters. The Labute approximate surface area is 221 Å². The number of ether oxygens (including phenoxy) is 1. The number of aromatic nitrogens is 3. The van der Waals surface area contributed by atoms with Gasteiger partial charge in [0.25, 0.3) is 0 Å². The SMILES string of the molecule is CCN(CC)Cc1ccc(CNc2nc(NCc3ccc(OC)cc3)nc(NN3CC(=O)NC3=O)n2)cc1. The Balaban J connectivity index is 1.45. The molecule has 0 bridgehead atoms. The number of benzene rings is 2. The van der Waals surface area contributed by atoms with E-state index in [4.69, 9.17) is 4.74 Å². The summed E-state index contributed by atoms with van der Waals surface area (Å²) < 4.78 is 5.21. The zero-order valence-corrected chi connectivity index (χ0v) is 21.8. The Morgan fingerprint density at radius 2 is 1.37 bits per heavy atom. The maximum Gasteiger partial charge on any atom is 0.343 e. The molecule has 1 aliphatic heterocycles. The van der Waals surface area contributed by atoms with Crippen molar-refractivity contribution in [2.45, 2.75) is 33.5 Å². The van der Waals surface area contributed by atoms with Gasteiger partial charge in [-0.15, -0.1) is 0 Å². The molecule has 1 aromatic heterocycles. The summed E-state index contributed by atoms with van der Waals surface area (Å²) in [7, 11) is 1.62. The molecule has 1 saturated heterocycles. The molecule has 12 nitrogen and oxygen atoms in total. The second-order valence-corrected chi connectivity index (χ2v) is 8.69. The molecule has 0 spiro atoms. The molecule has 4 N–H and O–H groups in total. The van der Waals surface area contributed by atoms with Crippen LogP contribution in [0.1, 0.15) is 30.5 Å². The predicted octanol–water partition coefficient (Wildman–Crippen LogP) is 2.82. The minimum Gasteiger partial charge on any atom is -0.497 e. The molecule has 0 unspecified atom stereocenters. The van der Waals surface area contributed by atoms with Crippen molar-refractivity contribution in [3.63, 3.8) is 0 Å². The van der Waals surface area contributed by atoms with Gasteiger partial charge in [-0.05, 0) is 41.9 Å². The highest BCUT2D eigenvalue weighted by Crippen LogP contribution is 2.16. The number of amides is 3. The van der Waals surface area contributed by atoms with Gasteiger partial charge in [-0.25, -0.2) is 9.80 Å². The molecule has 4 rings (SSSR count). The van der Waals surface area contributed by atoms with Gasteiger partial charge in [-0.2, -0.15) is 15.0 Å².